The van der Waals surface area contributed by atoms with Crippen molar-refractivity contribution in [2.45, 2.75) is 24.7 Å². The van der Waals surface area contributed by atoms with E-state index in [4.69, 9.17) is 23.7 Å². The molecule has 3 aliphatic heterocycles. The molecule has 9 nitrogen and oxygen atoms in total. The van der Waals surface area contributed by atoms with Crippen molar-refractivity contribution in [3.05, 3.63) is 58.7 Å². The van der Waals surface area contributed by atoms with Gasteiger partial charge in [0.25, 0.3) is 0 Å². The fraction of sp³-hybridized carbons (Fsp3) is 0.462. The predicted octanol–water partition coefficient (Wildman–Crippen LogP) is 3.57. The molecule has 35 heavy (non-hydrogen) atoms. The normalized spacial score (nSPS) is 21.7. The molecule has 4 aliphatic rings. The highest BCUT2D eigenvalue weighted by atomic mass is 16.6. The molecule has 2 atom stereocenters. The summed E-state index contributed by atoms with van der Waals surface area (Å²) in [7, 11) is 0. The zero-order valence-electron chi connectivity index (χ0n) is 19.4. The molecular weight excluding hydrogens is 456 g/mol. The number of carboxylic acids is 2. The van der Waals surface area contributed by atoms with E-state index < -0.39 is 11.9 Å². The van der Waals surface area contributed by atoms with Crippen LogP contribution < -0.4 is 9.47 Å². The van der Waals surface area contributed by atoms with E-state index in [1.807, 2.05) is 12.1 Å². The van der Waals surface area contributed by atoms with Crippen LogP contribution in [-0.2, 0) is 14.2 Å². The molecular formula is C26H30O9. The second-order valence-electron chi connectivity index (χ2n) is 8.45. The summed E-state index contributed by atoms with van der Waals surface area (Å²) in [5, 5.41) is 19.5. The quantitative estimate of drug-likeness (QED) is 0.656. The fourth-order valence-corrected chi connectivity index (χ4v) is 4.40. The minimum Gasteiger partial charge on any atom is -0.490 e. The summed E-state index contributed by atoms with van der Waals surface area (Å²) >= 11 is 0. The number of aromatic carboxylic acids is 2. The zero-order chi connectivity index (χ0) is 24.6. The van der Waals surface area contributed by atoms with Crippen molar-refractivity contribution in [2.75, 3.05) is 52.9 Å². The number of hydrogen-bond donors (Lipinski definition) is 2. The first-order chi connectivity index (χ1) is 17.0. The van der Waals surface area contributed by atoms with E-state index in [1.165, 1.54) is 0 Å². The van der Waals surface area contributed by atoms with E-state index in [1.54, 1.807) is 24.3 Å². The minimum atomic E-state index is -1.06. The largest absolute Gasteiger partial charge is 0.490 e. The summed E-state index contributed by atoms with van der Waals surface area (Å²) in [6.07, 6.45) is 1.77. The van der Waals surface area contributed by atoms with Gasteiger partial charge in [0.05, 0.1) is 39.6 Å². The van der Waals surface area contributed by atoms with Gasteiger partial charge >= 0.3 is 11.9 Å². The number of fused-ring (bicyclic) bond motifs is 2. The first kappa shape index (κ1) is 25.0. The van der Waals surface area contributed by atoms with Crippen molar-refractivity contribution < 1.29 is 43.5 Å². The van der Waals surface area contributed by atoms with Gasteiger partial charge < -0.3 is 33.9 Å². The Bertz CT molecular complexity index is 954. The van der Waals surface area contributed by atoms with Crippen LogP contribution in [0.25, 0.3) is 0 Å². The lowest BCUT2D eigenvalue weighted by molar-refractivity contribution is 0.00486. The van der Waals surface area contributed by atoms with Crippen LogP contribution in [0, 0.1) is 0 Å². The molecule has 188 valence electrons. The highest BCUT2D eigenvalue weighted by Crippen LogP contribution is 2.50. The van der Waals surface area contributed by atoms with Crippen LogP contribution in [0.15, 0.2) is 36.4 Å². The maximum atomic E-state index is 11.9. The first-order valence-electron chi connectivity index (χ1n) is 11.8. The lowest BCUT2D eigenvalue weighted by Crippen LogP contribution is -2.23. The molecule has 0 radical (unpaired) electrons. The average molecular weight is 487 g/mol. The van der Waals surface area contributed by atoms with Crippen LogP contribution in [-0.4, -0.2) is 75.0 Å². The van der Waals surface area contributed by atoms with Crippen molar-refractivity contribution in [3.63, 3.8) is 0 Å². The monoisotopic (exact) mass is 486 g/mol. The summed E-state index contributed by atoms with van der Waals surface area (Å²) in [5.74, 6) is -1.35. The Morgan fingerprint density at radius 1 is 0.600 bits per heavy atom. The van der Waals surface area contributed by atoms with Crippen LogP contribution in [0.1, 0.15) is 56.5 Å². The Morgan fingerprint density at radius 2 is 0.971 bits per heavy atom. The Balaban J connectivity index is 1.58. The van der Waals surface area contributed by atoms with Gasteiger partial charge in [0.15, 0.2) is 0 Å². The van der Waals surface area contributed by atoms with Crippen molar-refractivity contribution in [1.82, 2.24) is 0 Å². The van der Waals surface area contributed by atoms with E-state index >= 15 is 0 Å². The molecule has 0 aromatic heterocycles. The standard InChI is InChI=1S/C26H30O9/c27-25(28)21-15-17-1-5-23(21)34-13-11-32-9-7-31-8-10-33-12-14-35-24-6-2-18(16-22(24)26(29)30)20-4-3-19(17)20/h1-2,5-6,15-16,19-20H,3-4,7-14H2,(H,27,28)(H,29,30). The van der Waals surface area contributed by atoms with E-state index in [2.05, 4.69) is 0 Å². The summed E-state index contributed by atoms with van der Waals surface area (Å²) in [6.45, 7) is 2.62. The molecule has 0 saturated heterocycles. The number of benzene rings is 2. The lowest BCUT2D eigenvalue weighted by Gasteiger charge is -2.38. The molecule has 9 heteroatoms. The number of carbonyl (C=O) groups is 2. The van der Waals surface area contributed by atoms with E-state index in [0.717, 1.165) is 24.0 Å². The molecule has 6 rings (SSSR count). The van der Waals surface area contributed by atoms with Gasteiger partial charge in [-0.3, -0.25) is 0 Å². The van der Waals surface area contributed by atoms with E-state index in [-0.39, 0.29) is 36.2 Å². The van der Waals surface area contributed by atoms with Gasteiger partial charge in [-0.05, 0) is 60.1 Å². The van der Waals surface area contributed by atoms with Gasteiger partial charge in [0.1, 0.15) is 35.8 Å². The molecule has 3 heterocycles. The highest BCUT2D eigenvalue weighted by Gasteiger charge is 2.35. The molecule has 1 aliphatic carbocycles. The molecule has 2 unspecified atom stereocenters. The van der Waals surface area contributed by atoms with Crippen LogP contribution in [0.4, 0.5) is 0 Å². The van der Waals surface area contributed by atoms with Gasteiger partial charge in [-0.15, -0.1) is 0 Å². The van der Waals surface area contributed by atoms with Crippen LogP contribution in [0.5, 0.6) is 11.5 Å². The number of hydrogen-bond acceptors (Lipinski definition) is 7. The van der Waals surface area contributed by atoms with Crippen molar-refractivity contribution in [3.8, 4) is 11.5 Å². The molecule has 0 amide bonds. The third-order valence-corrected chi connectivity index (χ3v) is 6.31. The number of carboxylic acid groups (broad SMARTS) is 2. The molecule has 2 aromatic carbocycles. The van der Waals surface area contributed by atoms with Crippen LogP contribution in [0.2, 0.25) is 0 Å². The fourth-order valence-electron chi connectivity index (χ4n) is 4.40. The second-order valence-corrected chi connectivity index (χ2v) is 8.45. The van der Waals surface area contributed by atoms with Crippen LogP contribution in [0.3, 0.4) is 0 Å². The zero-order valence-corrected chi connectivity index (χ0v) is 19.4. The summed E-state index contributed by atoms with van der Waals surface area (Å²) in [4.78, 5) is 23.8. The maximum absolute atomic E-state index is 11.9. The van der Waals surface area contributed by atoms with Gasteiger partial charge in [-0.1, -0.05) is 12.1 Å². The molecule has 1 fully saturated rings. The van der Waals surface area contributed by atoms with Gasteiger partial charge in [-0.25, -0.2) is 9.59 Å². The van der Waals surface area contributed by atoms with E-state index in [9.17, 15) is 19.8 Å². The summed E-state index contributed by atoms with van der Waals surface area (Å²) in [6, 6.07) is 10.5. The SMILES string of the molecule is O=C(O)c1cc2ccc1OCCOCCOCCOCCOc1ccc(cc1C(=O)O)C1CCC21. The second kappa shape index (κ2) is 12.0. The van der Waals surface area contributed by atoms with Gasteiger partial charge in [-0.2, -0.15) is 0 Å². The Morgan fingerprint density at radius 3 is 1.31 bits per heavy atom. The third kappa shape index (κ3) is 6.30. The van der Waals surface area contributed by atoms with Gasteiger partial charge in [0, 0.05) is 0 Å². The minimum absolute atomic E-state index is 0.0916. The molecule has 4 bridgehead atoms. The van der Waals surface area contributed by atoms with E-state index in [0.29, 0.717) is 51.1 Å². The van der Waals surface area contributed by atoms with Crippen molar-refractivity contribution in [1.29, 1.82) is 0 Å². The smallest absolute Gasteiger partial charge is 0.339 e. The molecule has 0 spiro atoms. The summed E-state index contributed by atoms with van der Waals surface area (Å²) in [5.41, 5.74) is 1.99. The molecule has 2 aromatic rings. The Hall–Kier alpha value is -3.14. The third-order valence-electron chi connectivity index (χ3n) is 6.31. The molecule has 2 N–H and O–H groups in total. The summed E-state index contributed by atoms with van der Waals surface area (Å²) < 4.78 is 27.7. The molecule has 1 saturated carbocycles. The van der Waals surface area contributed by atoms with Crippen LogP contribution >= 0.6 is 0 Å². The lowest BCUT2D eigenvalue weighted by atomic mass is 9.66. The van der Waals surface area contributed by atoms with Crippen molar-refractivity contribution >= 4 is 11.9 Å². The Kier molecular flexibility index (Phi) is 8.57. The average Bonchev–Trinajstić information content (AvgIpc) is 2.81. The highest BCUT2D eigenvalue weighted by molar-refractivity contribution is 5.92. The predicted molar refractivity (Wildman–Crippen MR) is 125 cm³/mol. The van der Waals surface area contributed by atoms with Gasteiger partial charge in [0.2, 0.25) is 0 Å². The number of ether oxygens (including phenoxy) is 5. The topological polar surface area (TPSA) is 121 Å². The maximum Gasteiger partial charge on any atom is 0.339 e. The number of rotatable bonds is 2. The van der Waals surface area contributed by atoms with Crippen molar-refractivity contribution in [2.24, 2.45) is 0 Å². The Labute approximate surface area is 203 Å². The first-order valence-corrected chi connectivity index (χ1v) is 11.8.